The Balaban J connectivity index is 1.75. The van der Waals surface area contributed by atoms with Crippen molar-refractivity contribution in [3.05, 3.63) is 70.8 Å². The number of fused-ring (bicyclic) bond motifs is 1. The molecule has 0 aliphatic carbocycles. The summed E-state index contributed by atoms with van der Waals surface area (Å²) in [5, 5.41) is 3.31. The summed E-state index contributed by atoms with van der Waals surface area (Å²) in [6.07, 6.45) is 3.93. The summed E-state index contributed by atoms with van der Waals surface area (Å²) in [6, 6.07) is 13.6. The van der Waals surface area contributed by atoms with Crippen molar-refractivity contribution in [2.75, 3.05) is 5.32 Å². The molecule has 0 saturated heterocycles. The van der Waals surface area contributed by atoms with Crippen LogP contribution in [0.15, 0.2) is 48.5 Å². The molecule has 0 saturated carbocycles. The van der Waals surface area contributed by atoms with E-state index < -0.39 is 5.82 Å². The minimum atomic E-state index is -0.464. The maximum absolute atomic E-state index is 13.9. The Hall–Kier alpha value is -2.66. The summed E-state index contributed by atoms with van der Waals surface area (Å²) in [4.78, 5) is 17.5. The summed E-state index contributed by atoms with van der Waals surface area (Å²) in [6.45, 7) is 0.813. The number of aromatic nitrogens is 2. The van der Waals surface area contributed by atoms with Gasteiger partial charge in [-0.1, -0.05) is 30.2 Å². The van der Waals surface area contributed by atoms with Gasteiger partial charge in [0.1, 0.15) is 17.3 Å². The molecule has 138 valence electrons. The van der Waals surface area contributed by atoms with Crippen LogP contribution in [0, 0.1) is 5.82 Å². The lowest BCUT2D eigenvalue weighted by Crippen LogP contribution is -2.16. The Kier molecular flexibility index (Phi) is 4.94. The first-order valence-corrected chi connectivity index (χ1v) is 9.42. The van der Waals surface area contributed by atoms with Crippen LogP contribution in [0.2, 0.25) is 5.02 Å². The van der Waals surface area contributed by atoms with Gasteiger partial charge in [-0.15, -0.1) is 0 Å². The molecule has 4 nitrogen and oxygen atoms in total. The fourth-order valence-electron chi connectivity index (χ4n) is 3.47. The van der Waals surface area contributed by atoms with Crippen LogP contribution in [0.25, 0.3) is 11.4 Å². The summed E-state index contributed by atoms with van der Waals surface area (Å²) >= 11 is 6.00. The zero-order valence-corrected chi connectivity index (χ0v) is 15.5. The van der Waals surface area contributed by atoms with Gasteiger partial charge in [-0.25, -0.2) is 9.37 Å². The largest absolute Gasteiger partial charge is 0.327 e. The van der Waals surface area contributed by atoms with Crippen LogP contribution in [0.5, 0.6) is 0 Å². The molecule has 1 aliphatic heterocycles. The standard InChI is InChI=1S/C21H19ClFN3O/c22-15-11-9-14(10-12-15)20-25-19(18-8-2-1-5-13-26(18)20)21(27)24-17-7-4-3-6-16(17)23/h3-4,6-7,9-12H,1-2,5,8,13H2,(H,24,27). The Labute approximate surface area is 162 Å². The zero-order chi connectivity index (χ0) is 18.8. The number of carbonyl (C=O) groups excluding carboxylic acids is 1. The average Bonchev–Trinajstić information content (AvgIpc) is 2.86. The zero-order valence-electron chi connectivity index (χ0n) is 14.7. The summed E-state index contributed by atoms with van der Waals surface area (Å²) in [7, 11) is 0. The molecular weight excluding hydrogens is 365 g/mol. The Morgan fingerprint density at radius 1 is 1.07 bits per heavy atom. The van der Waals surface area contributed by atoms with Gasteiger partial charge in [0, 0.05) is 17.1 Å². The SMILES string of the molecule is O=C(Nc1ccccc1F)c1nc(-c2ccc(Cl)cc2)n2c1CCCCC2. The second-order valence-electron chi connectivity index (χ2n) is 6.63. The van der Waals surface area contributed by atoms with E-state index in [4.69, 9.17) is 11.6 Å². The van der Waals surface area contributed by atoms with E-state index in [0.29, 0.717) is 10.7 Å². The van der Waals surface area contributed by atoms with Gasteiger partial charge in [0.15, 0.2) is 0 Å². The van der Waals surface area contributed by atoms with Crippen molar-refractivity contribution in [3.63, 3.8) is 0 Å². The van der Waals surface area contributed by atoms with Crippen LogP contribution in [-0.2, 0) is 13.0 Å². The summed E-state index contributed by atoms with van der Waals surface area (Å²) in [5.74, 6) is -0.0951. The normalized spacial score (nSPS) is 13.7. The highest BCUT2D eigenvalue weighted by Crippen LogP contribution is 2.28. The number of nitrogens with zero attached hydrogens (tertiary/aromatic N) is 2. The maximum atomic E-state index is 13.9. The third kappa shape index (κ3) is 3.60. The third-order valence-corrected chi connectivity index (χ3v) is 5.06. The van der Waals surface area contributed by atoms with E-state index in [1.165, 1.54) is 6.07 Å². The first-order chi connectivity index (χ1) is 13.1. The van der Waals surface area contributed by atoms with Crippen LogP contribution in [0.1, 0.15) is 35.4 Å². The van der Waals surface area contributed by atoms with Crippen molar-refractivity contribution in [2.45, 2.75) is 32.2 Å². The van der Waals surface area contributed by atoms with Gasteiger partial charge in [-0.05, 0) is 55.7 Å². The average molecular weight is 384 g/mol. The maximum Gasteiger partial charge on any atom is 0.276 e. The number of hydrogen-bond acceptors (Lipinski definition) is 2. The highest BCUT2D eigenvalue weighted by Gasteiger charge is 2.24. The number of para-hydroxylation sites is 1. The highest BCUT2D eigenvalue weighted by atomic mass is 35.5. The molecule has 4 rings (SSSR count). The van der Waals surface area contributed by atoms with E-state index in [1.807, 2.05) is 24.3 Å². The second kappa shape index (κ2) is 7.53. The minimum Gasteiger partial charge on any atom is -0.327 e. The van der Waals surface area contributed by atoms with E-state index in [0.717, 1.165) is 49.3 Å². The first-order valence-electron chi connectivity index (χ1n) is 9.05. The highest BCUT2D eigenvalue weighted by molar-refractivity contribution is 6.30. The van der Waals surface area contributed by atoms with E-state index in [9.17, 15) is 9.18 Å². The fourth-order valence-corrected chi connectivity index (χ4v) is 3.59. The predicted octanol–water partition coefficient (Wildman–Crippen LogP) is 5.32. The van der Waals surface area contributed by atoms with Gasteiger partial charge in [-0.3, -0.25) is 4.79 Å². The van der Waals surface area contributed by atoms with Gasteiger partial charge in [0.25, 0.3) is 5.91 Å². The van der Waals surface area contributed by atoms with E-state index >= 15 is 0 Å². The number of imidazole rings is 1. The van der Waals surface area contributed by atoms with Gasteiger partial charge >= 0.3 is 0 Å². The number of amides is 1. The molecule has 3 aromatic rings. The molecule has 0 bridgehead atoms. The second-order valence-corrected chi connectivity index (χ2v) is 7.07. The molecule has 1 aromatic heterocycles. The summed E-state index contributed by atoms with van der Waals surface area (Å²) in [5.41, 5.74) is 2.34. The Morgan fingerprint density at radius 3 is 2.63 bits per heavy atom. The predicted molar refractivity (Wildman–Crippen MR) is 105 cm³/mol. The lowest BCUT2D eigenvalue weighted by atomic mass is 10.1. The molecule has 6 heteroatoms. The van der Waals surface area contributed by atoms with Crippen LogP contribution in [0.4, 0.5) is 10.1 Å². The number of rotatable bonds is 3. The van der Waals surface area contributed by atoms with Crippen molar-refractivity contribution >= 4 is 23.2 Å². The lowest BCUT2D eigenvalue weighted by molar-refractivity contribution is 0.102. The minimum absolute atomic E-state index is 0.158. The Morgan fingerprint density at radius 2 is 1.85 bits per heavy atom. The molecular formula is C21H19ClFN3O. The number of carbonyl (C=O) groups is 1. The quantitative estimate of drug-likeness (QED) is 0.665. The third-order valence-electron chi connectivity index (χ3n) is 4.81. The molecule has 1 aliphatic rings. The molecule has 2 heterocycles. The topological polar surface area (TPSA) is 46.9 Å². The van der Waals surface area contributed by atoms with Crippen LogP contribution < -0.4 is 5.32 Å². The van der Waals surface area contributed by atoms with Gasteiger partial charge in [-0.2, -0.15) is 0 Å². The van der Waals surface area contributed by atoms with E-state index in [-0.39, 0.29) is 11.6 Å². The molecule has 1 amide bonds. The molecule has 0 unspecified atom stereocenters. The smallest absolute Gasteiger partial charge is 0.276 e. The van der Waals surface area contributed by atoms with Crippen molar-refractivity contribution in [1.29, 1.82) is 0 Å². The number of benzene rings is 2. The molecule has 27 heavy (non-hydrogen) atoms. The molecule has 0 fully saturated rings. The summed E-state index contributed by atoms with van der Waals surface area (Å²) < 4.78 is 16.0. The number of hydrogen-bond donors (Lipinski definition) is 1. The van der Waals surface area contributed by atoms with Gasteiger partial charge in [0.05, 0.1) is 11.4 Å². The fraction of sp³-hybridized carbons (Fsp3) is 0.238. The van der Waals surface area contributed by atoms with Crippen LogP contribution >= 0.6 is 11.6 Å². The molecule has 0 radical (unpaired) electrons. The molecule has 1 N–H and O–H groups in total. The molecule has 0 atom stereocenters. The van der Waals surface area contributed by atoms with Crippen LogP contribution in [0.3, 0.4) is 0 Å². The lowest BCUT2D eigenvalue weighted by Gasteiger charge is -2.09. The van der Waals surface area contributed by atoms with Crippen molar-refractivity contribution < 1.29 is 9.18 Å². The monoisotopic (exact) mass is 383 g/mol. The van der Waals surface area contributed by atoms with Crippen molar-refractivity contribution in [3.8, 4) is 11.4 Å². The first kappa shape index (κ1) is 17.7. The molecule has 2 aromatic carbocycles. The Bertz CT molecular complexity index is 982. The van der Waals surface area contributed by atoms with Crippen molar-refractivity contribution in [2.24, 2.45) is 0 Å². The number of anilines is 1. The number of halogens is 2. The van der Waals surface area contributed by atoms with E-state index in [2.05, 4.69) is 14.9 Å². The van der Waals surface area contributed by atoms with E-state index in [1.54, 1.807) is 18.2 Å². The molecule has 0 spiro atoms. The number of nitrogens with one attached hydrogen (secondary N) is 1. The van der Waals surface area contributed by atoms with Gasteiger partial charge in [0.2, 0.25) is 0 Å². The van der Waals surface area contributed by atoms with Gasteiger partial charge < -0.3 is 9.88 Å². The van der Waals surface area contributed by atoms with Crippen LogP contribution in [-0.4, -0.2) is 15.5 Å². The van der Waals surface area contributed by atoms with Crippen molar-refractivity contribution in [1.82, 2.24) is 9.55 Å².